The van der Waals surface area contributed by atoms with E-state index in [0.29, 0.717) is 5.92 Å². The molecule has 1 saturated carbocycles. The third kappa shape index (κ3) is 1.48. The third-order valence-electron chi connectivity index (χ3n) is 3.56. The van der Waals surface area contributed by atoms with Crippen molar-refractivity contribution in [3.8, 4) is 0 Å². The molecule has 1 aromatic heterocycles. The van der Waals surface area contributed by atoms with Gasteiger partial charge >= 0.3 is 0 Å². The number of benzene rings is 1. The summed E-state index contributed by atoms with van der Waals surface area (Å²) >= 11 is 1.75. The summed E-state index contributed by atoms with van der Waals surface area (Å²) in [5.74, 6) is 0.491. The molecule has 2 unspecified atom stereocenters. The number of rotatable bonds is 3. The summed E-state index contributed by atoms with van der Waals surface area (Å²) in [5.41, 5.74) is -0.500. The Morgan fingerprint density at radius 1 is 1.44 bits per heavy atom. The molecule has 0 saturated heterocycles. The summed E-state index contributed by atoms with van der Waals surface area (Å²) < 4.78 is 1.29. The van der Waals surface area contributed by atoms with Crippen molar-refractivity contribution in [3.63, 3.8) is 0 Å². The van der Waals surface area contributed by atoms with Crippen molar-refractivity contribution in [2.75, 3.05) is 0 Å². The fourth-order valence-electron chi connectivity index (χ4n) is 2.50. The molecule has 0 spiro atoms. The van der Waals surface area contributed by atoms with E-state index < -0.39 is 5.60 Å². The van der Waals surface area contributed by atoms with Gasteiger partial charge in [-0.05, 0) is 36.3 Å². The maximum absolute atomic E-state index is 10.5. The van der Waals surface area contributed by atoms with E-state index in [2.05, 4.69) is 37.3 Å². The van der Waals surface area contributed by atoms with Crippen LogP contribution in [0.1, 0.15) is 31.1 Å². The highest BCUT2D eigenvalue weighted by Crippen LogP contribution is 2.56. The van der Waals surface area contributed by atoms with Crippen LogP contribution in [0.5, 0.6) is 0 Å². The number of hydrogen-bond donors (Lipinski definition) is 1. The molecule has 0 amide bonds. The fraction of sp³-hybridized carbons (Fsp3) is 0.429. The van der Waals surface area contributed by atoms with E-state index in [-0.39, 0.29) is 0 Å². The summed E-state index contributed by atoms with van der Waals surface area (Å²) in [5, 5.41) is 11.8. The average molecular weight is 232 g/mol. The standard InChI is InChI=1S/C14H16OS/c1-2-5-11-9-14(11,15)13-8-10-6-3-4-7-12(10)16-13/h3-4,6-8,11,15H,2,5,9H2,1H3. The predicted molar refractivity (Wildman–Crippen MR) is 68.7 cm³/mol. The smallest absolute Gasteiger partial charge is 0.102 e. The van der Waals surface area contributed by atoms with Gasteiger partial charge in [-0.1, -0.05) is 31.5 Å². The quantitative estimate of drug-likeness (QED) is 0.850. The van der Waals surface area contributed by atoms with Gasteiger partial charge in [0.15, 0.2) is 0 Å². The predicted octanol–water partition coefficient (Wildman–Crippen LogP) is 3.91. The van der Waals surface area contributed by atoms with Crippen molar-refractivity contribution < 1.29 is 5.11 Å². The minimum absolute atomic E-state index is 0.491. The van der Waals surface area contributed by atoms with E-state index in [0.717, 1.165) is 24.1 Å². The van der Waals surface area contributed by atoms with Crippen LogP contribution in [0.15, 0.2) is 30.3 Å². The second-order valence-corrected chi connectivity index (χ2v) is 5.85. The molecule has 2 aromatic rings. The summed E-state index contributed by atoms with van der Waals surface area (Å²) in [4.78, 5) is 1.16. The molecule has 0 radical (unpaired) electrons. The molecule has 1 aliphatic carbocycles. The molecule has 2 atom stereocenters. The molecule has 1 aromatic carbocycles. The molecule has 3 rings (SSSR count). The number of aliphatic hydroxyl groups is 1. The third-order valence-corrected chi connectivity index (χ3v) is 4.85. The average Bonchev–Trinajstić information content (AvgIpc) is 2.78. The zero-order valence-electron chi connectivity index (χ0n) is 9.44. The second-order valence-electron chi connectivity index (χ2n) is 4.76. The molecule has 1 aliphatic rings. The maximum atomic E-state index is 10.5. The molecular weight excluding hydrogens is 216 g/mol. The second kappa shape index (κ2) is 3.57. The topological polar surface area (TPSA) is 20.2 Å². The molecule has 0 bridgehead atoms. The molecule has 1 heterocycles. The lowest BCUT2D eigenvalue weighted by atomic mass is 10.1. The van der Waals surface area contributed by atoms with E-state index in [1.54, 1.807) is 11.3 Å². The van der Waals surface area contributed by atoms with Crippen LogP contribution in [0.4, 0.5) is 0 Å². The van der Waals surface area contributed by atoms with Crippen molar-refractivity contribution in [2.45, 2.75) is 31.8 Å². The maximum Gasteiger partial charge on any atom is 0.102 e. The first-order valence-electron chi connectivity index (χ1n) is 5.95. The molecule has 84 valence electrons. The van der Waals surface area contributed by atoms with Crippen LogP contribution in [0.3, 0.4) is 0 Å². The Balaban J connectivity index is 1.95. The first kappa shape index (κ1) is 10.3. The van der Waals surface area contributed by atoms with Gasteiger partial charge in [0.25, 0.3) is 0 Å². The Bertz CT molecular complexity index is 483. The van der Waals surface area contributed by atoms with Gasteiger partial charge in [-0.2, -0.15) is 0 Å². The normalized spacial score (nSPS) is 28.5. The van der Waals surface area contributed by atoms with Gasteiger partial charge in [-0.15, -0.1) is 11.3 Å². The highest BCUT2D eigenvalue weighted by molar-refractivity contribution is 7.19. The SMILES string of the molecule is CCCC1CC1(O)c1cc2ccccc2s1. The first-order valence-corrected chi connectivity index (χ1v) is 6.77. The lowest BCUT2D eigenvalue weighted by Crippen LogP contribution is -2.05. The number of thiophene rings is 1. The Hall–Kier alpha value is -0.860. The summed E-state index contributed by atoms with van der Waals surface area (Å²) in [6.07, 6.45) is 3.26. The van der Waals surface area contributed by atoms with Gasteiger partial charge in [-0.25, -0.2) is 0 Å². The Labute approximate surface area is 99.7 Å². The molecule has 1 nitrogen and oxygen atoms in total. The molecule has 0 aliphatic heterocycles. The van der Waals surface area contributed by atoms with Crippen molar-refractivity contribution >= 4 is 21.4 Å². The van der Waals surface area contributed by atoms with Gasteiger partial charge < -0.3 is 5.11 Å². The Morgan fingerprint density at radius 3 is 3.00 bits per heavy atom. The van der Waals surface area contributed by atoms with E-state index in [9.17, 15) is 5.11 Å². The summed E-state index contributed by atoms with van der Waals surface area (Å²) in [7, 11) is 0. The molecule has 2 heteroatoms. The first-order chi connectivity index (χ1) is 7.74. The van der Waals surface area contributed by atoms with Gasteiger partial charge in [0.2, 0.25) is 0 Å². The molecule has 16 heavy (non-hydrogen) atoms. The Morgan fingerprint density at radius 2 is 2.25 bits per heavy atom. The zero-order chi connectivity index (χ0) is 11.2. The van der Waals surface area contributed by atoms with Crippen LogP contribution in [-0.2, 0) is 5.60 Å². The monoisotopic (exact) mass is 232 g/mol. The molecule has 1 N–H and O–H groups in total. The van der Waals surface area contributed by atoms with Gasteiger partial charge in [-0.3, -0.25) is 0 Å². The van der Waals surface area contributed by atoms with Crippen molar-refractivity contribution in [1.29, 1.82) is 0 Å². The highest BCUT2D eigenvalue weighted by Gasteiger charge is 2.54. The summed E-state index contributed by atoms with van der Waals surface area (Å²) in [6.45, 7) is 2.18. The van der Waals surface area contributed by atoms with Crippen LogP contribution >= 0.6 is 11.3 Å². The van der Waals surface area contributed by atoms with E-state index in [1.165, 1.54) is 10.1 Å². The van der Waals surface area contributed by atoms with Crippen LogP contribution in [0.2, 0.25) is 0 Å². The van der Waals surface area contributed by atoms with E-state index >= 15 is 0 Å². The van der Waals surface area contributed by atoms with Gasteiger partial charge in [0.05, 0.1) is 0 Å². The molecule has 1 fully saturated rings. The minimum Gasteiger partial charge on any atom is -0.384 e. The number of fused-ring (bicyclic) bond motifs is 1. The van der Waals surface area contributed by atoms with Crippen molar-refractivity contribution in [1.82, 2.24) is 0 Å². The van der Waals surface area contributed by atoms with Gasteiger partial charge in [0.1, 0.15) is 5.60 Å². The zero-order valence-corrected chi connectivity index (χ0v) is 10.3. The summed E-state index contributed by atoms with van der Waals surface area (Å²) in [6, 6.07) is 10.5. The van der Waals surface area contributed by atoms with Crippen LogP contribution in [0.25, 0.3) is 10.1 Å². The Kier molecular flexibility index (Phi) is 2.30. The van der Waals surface area contributed by atoms with Crippen molar-refractivity contribution in [2.24, 2.45) is 5.92 Å². The molecular formula is C14H16OS. The van der Waals surface area contributed by atoms with Crippen LogP contribution < -0.4 is 0 Å². The van der Waals surface area contributed by atoms with E-state index in [1.807, 2.05) is 0 Å². The van der Waals surface area contributed by atoms with Gasteiger partial charge in [0, 0.05) is 9.58 Å². The largest absolute Gasteiger partial charge is 0.384 e. The van der Waals surface area contributed by atoms with Crippen LogP contribution in [-0.4, -0.2) is 5.11 Å². The lowest BCUT2D eigenvalue weighted by Gasteiger charge is -2.06. The lowest BCUT2D eigenvalue weighted by molar-refractivity contribution is 0.133. The van der Waals surface area contributed by atoms with Crippen molar-refractivity contribution in [3.05, 3.63) is 35.2 Å². The fourth-order valence-corrected chi connectivity index (χ4v) is 3.74. The number of hydrogen-bond acceptors (Lipinski definition) is 2. The van der Waals surface area contributed by atoms with E-state index in [4.69, 9.17) is 0 Å². The van der Waals surface area contributed by atoms with Crippen LogP contribution in [0, 0.1) is 5.92 Å². The highest BCUT2D eigenvalue weighted by atomic mass is 32.1. The minimum atomic E-state index is -0.500.